The van der Waals surface area contributed by atoms with Crippen molar-refractivity contribution in [3.05, 3.63) is 58.0 Å². The van der Waals surface area contributed by atoms with E-state index in [0.717, 1.165) is 16.9 Å². The lowest BCUT2D eigenvalue weighted by molar-refractivity contribution is 0.937. The van der Waals surface area contributed by atoms with Crippen molar-refractivity contribution >= 4 is 5.69 Å². The van der Waals surface area contributed by atoms with Crippen LogP contribution in [0.3, 0.4) is 0 Å². The van der Waals surface area contributed by atoms with Crippen LogP contribution in [0.15, 0.2) is 41.2 Å². The molecule has 0 amide bonds. The molecule has 0 aliphatic heterocycles. The van der Waals surface area contributed by atoms with E-state index in [1.54, 1.807) is 10.6 Å². The fourth-order valence-electron chi connectivity index (χ4n) is 1.73. The number of nitrogens with two attached hydrogens (primary N) is 1. The van der Waals surface area contributed by atoms with Crippen molar-refractivity contribution < 1.29 is 0 Å². The third-order valence-electron chi connectivity index (χ3n) is 2.57. The minimum atomic E-state index is -0.161. The zero-order valence-corrected chi connectivity index (χ0v) is 9.40. The summed E-state index contributed by atoms with van der Waals surface area (Å²) >= 11 is 0. The van der Waals surface area contributed by atoms with E-state index < -0.39 is 0 Å². The number of nitrogens with zero attached hydrogens (tertiary/aromatic N) is 1. The quantitative estimate of drug-likeness (QED) is 0.789. The molecule has 1 heterocycles. The number of nitrogen functional groups attached to an aromatic ring is 1. The summed E-state index contributed by atoms with van der Waals surface area (Å²) in [6.45, 7) is 3.89. The average molecular weight is 214 g/mol. The summed E-state index contributed by atoms with van der Waals surface area (Å²) in [5.74, 6) is 0. The first-order valence-corrected chi connectivity index (χ1v) is 5.15. The van der Waals surface area contributed by atoms with Crippen LogP contribution in [0, 0.1) is 13.8 Å². The minimum absolute atomic E-state index is 0.161. The highest BCUT2D eigenvalue weighted by Gasteiger charge is 2.05. The van der Waals surface area contributed by atoms with E-state index in [4.69, 9.17) is 5.73 Å². The van der Waals surface area contributed by atoms with Gasteiger partial charge in [0, 0.05) is 11.4 Å². The summed E-state index contributed by atoms with van der Waals surface area (Å²) in [5.41, 5.74) is 8.59. The number of anilines is 1. The van der Waals surface area contributed by atoms with Crippen LogP contribution in [0.25, 0.3) is 5.69 Å². The van der Waals surface area contributed by atoms with Crippen LogP contribution < -0.4 is 11.3 Å². The summed E-state index contributed by atoms with van der Waals surface area (Å²) in [6, 6.07) is 11.3. The van der Waals surface area contributed by atoms with E-state index in [-0.39, 0.29) is 11.2 Å². The lowest BCUT2D eigenvalue weighted by Gasteiger charge is -2.11. The molecule has 16 heavy (non-hydrogen) atoms. The zero-order valence-electron chi connectivity index (χ0n) is 9.40. The molecule has 3 heteroatoms. The van der Waals surface area contributed by atoms with Crippen LogP contribution in [0.2, 0.25) is 0 Å². The molecule has 0 unspecified atom stereocenters. The van der Waals surface area contributed by atoms with Gasteiger partial charge in [0.1, 0.15) is 0 Å². The molecule has 0 aliphatic rings. The molecule has 1 aromatic carbocycles. The predicted octanol–water partition coefficient (Wildman–Crippen LogP) is 2.04. The maximum atomic E-state index is 11.9. The number of aryl methyl sites for hydroxylation is 2. The Labute approximate surface area is 94.1 Å². The predicted molar refractivity (Wildman–Crippen MR) is 65.9 cm³/mol. The Kier molecular flexibility index (Phi) is 2.52. The first kappa shape index (κ1) is 10.5. The zero-order chi connectivity index (χ0) is 11.7. The number of rotatable bonds is 1. The molecule has 0 aliphatic carbocycles. The number of hydrogen-bond donors (Lipinski definition) is 1. The number of hydrogen-bond acceptors (Lipinski definition) is 2. The molecule has 0 bridgehead atoms. The van der Waals surface area contributed by atoms with Crippen LogP contribution in [-0.2, 0) is 0 Å². The molecule has 0 radical (unpaired) electrons. The Hall–Kier alpha value is -2.03. The van der Waals surface area contributed by atoms with Crippen LogP contribution in [0.4, 0.5) is 5.69 Å². The summed E-state index contributed by atoms with van der Waals surface area (Å²) in [7, 11) is 0. The molecule has 0 fully saturated rings. The Morgan fingerprint density at radius 1 is 1.12 bits per heavy atom. The summed E-state index contributed by atoms with van der Waals surface area (Å²) in [4.78, 5) is 11.9. The van der Waals surface area contributed by atoms with E-state index in [1.807, 2.05) is 44.2 Å². The fourth-order valence-corrected chi connectivity index (χ4v) is 1.73. The van der Waals surface area contributed by atoms with E-state index in [0.29, 0.717) is 0 Å². The largest absolute Gasteiger partial charge is 0.394 e. The van der Waals surface area contributed by atoms with E-state index in [9.17, 15) is 4.79 Å². The van der Waals surface area contributed by atoms with E-state index in [1.165, 1.54) is 0 Å². The van der Waals surface area contributed by atoms with Crippen molar-refractivity contribution in [2.24, 2.45) is 0 Å². The second kappa shape index (κ2) is 3.85. The first-order valence-electron chi connectivity index (χ1n) is 5.15. The third-order valence-corrected chi connectivity index (χ3v) is 2.57. The minimum Gasteiger partial charge on any atom is -0.394 e. The van der Waals surface area contributed by atoms with Crippen molar-refractivity contribution in [3.63, 3.8) is 0 Å². The molecular weight excluding hydrogens is 200 g/mol. The Balaban J connectivity index is 2.74. The Bertz CT molecular complexity index is 585. The van der Waals surface area contributed by atoms with Crippen LogP contribution >= 0.6 is 0 Å². The first-order chi connectivity index (χ1) is 7.59. The van der Waals surface area contributed by atoms with Crippen molar-refractivity contribution in [1.29, 1.82) is 0 Å². The van der Waals surface area contributed by atoms with Crippen molar-refractivity contribution in [1.82, 2.24) is 4.57 Å². The van der Waals surface area contributed by atoms with E-state index in [2.05, 4.69) is 0 Å². The third kappa shape index (κ3) is 1.72. The summed E-state index contributed by atoms with van der Waals surface area (Å²) < 4.78 is 1.63. The van der Waals surface area contributed by atoms with Gasteiger partial charge in [-0.1, -0.05) is 12.1 Å². The van der Waals surface area contributed by atoms with Gasteiger partial charge in [-0.3, -0.25) is 9.36 Å². The van der Waals surface area contributed by atoms with Gasteiger partial charge in [0.15, 0.2) is 0 Å². The molecule has 2 rings (SSSR count). The SMILES string of the molecule is Cc1cccc(-n2c(C)ccc(N)c2=O)c1. The molecule has 0 saturated heterocycles. The number of aromatic nitrogens is 1. The average Bonchev–Trinajstić information content (AvgIpc) is 2.24. The van der Waals surface area contributed by atoms with Crippen LogP contribution in [-0.4, -0.2) is 4.57 Å². The van der Waals surface area contributed by atoms with Gasteiger partial charge in [0.05, 0.1) is 5.69 Å². The topological polar surface area (TPSA) is 48.0 Å². The van der Waals surface area contributed by atoms with Gasteiger partial charge in [0.25, 0.3) is 5.56 Å². The highest BCUT2D eigenvalue weighted by Crippen LogP contribution is 2.11. The molecule has 0 saturated carbocycles. The highest BCUT2D eigenvalue weighted by atomic mass is 16.1. The van der Waals surface area contributed by atoms with Gasteiger partial charge in [-0.2, -0.15) is 0 Å². The maximum absolute atomic E-state index is 11.9. The van der Waals surface area contributed by atoms with Gasteiger partial charge >= 0.3 is 0 Å². The lowest BCUT2D eigenvalue weighted by Crippen LogP contribution is -2.22. The molecule has 3 nitrogen and oxygen atoms in total. The second-order valence-corrected chi connectivity index (χ2v) is 3.91. The van der Waals surface area contributed by atoms with Crippen molar-refractivity contribution in [2.45, 2.75) is 13.8 Å². The maximum Gasteiger partial charge on any atom is 0.278 e. The Morgan fingerprint density at radius 2 is 1.88 bits per heavy atom. The second-order valence-electron chi connectivity index (χ2n) is 3.91. The number of benzene rings is 1. The Morgan fingerprint density at radius 3 is 2.56 bits per heavy atom. The van der Waals surface area contributed by atoms with Gasteiger partial charge in [0.2, 0.25) is 0 Å². The van der Waals surface area contributed by atoms with Crippen LogP contribution in [0.1, 0.15) is 11.3 Å². The monoisotopic (exact) mass is 214 g/mol. The molecule has 82 valence electrons. The standard InChI is InChI=1S/C13H14N2O/c1-9-4-3-5-11(8-9)15-10(2)6-7-12(14)13(15)16/h3-8H,14H2,1-2H3. The smallest absolute Gasteiger partial charge is 0.278 e. The summed E-state index contributed by atoms with van der Waals surface area (Å²) in [5, 5.41) is 0. The van der Waals surface area contributed by atoms with Crippen molar-refractivity contribution in [3.8, 4) is 5.69 Å². The molecule has 2 aromatic rings. The van der Waals surface area contributed by atoms with Gasteiger partial charge in [-0.25, -0.2) is 0 Å². The lowest BCUT2D eigenvalue weighted by atomic mass is 10.2. The molecule has 0 atom stereocenters. The van der Waals surface area contributed by atoms with E-state index >= 15 is 0 Å². The van der Waals surface area contributed by atoms with Crippen molar-refractivity contribution in [2.75, 3.05) is 5.73 Å². The number of pyridine rings is 1. The van der Waals surface area contributed by atoms with Gasteiger partial charge in [-0.15, -0.1) is 0 Å². The molecule has 1 aromatic heterocycles. The highest BCUT2D eigenvalue weighted by molar-refractivity contribution is 5.43. The molecule has 2 N–H and O–H groups in total. The van der Waals surface area contributed by atoms with Gasteiger partial charge < -0.3 is 5.73 Å². The normalized spacial score (nSPS) is 10.4. The van der Waals surface area contributed by atoms with Crippen LogP contribution in [0.5, 0.6) is 0 Å². The van der Waals surface area contributed by atoms with Gasteiger partial charge in [-0.05, 0) is 43.7 Å². The summed E-state index contributed by atoms with van der Waals surface area (Å²) in [6.07, 6.45) is 0. The fraction of sp³-hybridized carbons (Fsp3) is 0.154. The molecule has 0 spiro atoms. The molecular formula is C13H14N2O.